The molecule has 1 heterocycles. The molecule has 4 heteroatoms. The minimum atomic E-state index is -0.106. The van der Waals surface area contributed by atoms with E-state index in [1.807, 2.05) is 7.05 Å². The smallest absolute Gasteiger partial charge is 0.0640 e. The Balaban J connectivity index is 2.66. The van der Waals surface area contributed by atoms with E-state index in [9.17, 15) is 0 Å². The van der Waals surface area contributed by atoms with Gasteiger partial charge in [-0.05, 0) is 46.2 Å². The predicted molar refractivity (Wildman–Crippen MR) is 84.1 cm³/mol. The van der Waals surface area contributed by atoms with Crippen molar-refractivity contribution in [1.82, 2.24) is 15.1 Å². The van der Waals surface area contributed by atoms with Gasteiger partial charge in [0.1, 0.15) is 0 Å². The van der Waals surface area contributed by atoms with E-state index in [0.717, 1.165) is 31.4 Å². The van der Waals surface area contributed by atoms with Crippen molar-refractivity contribution >= 4 is 0 Å². The van der Waals surface area contributed by atoms with Crippen LogP contribution < -0.4 is 5.32 Å². The number of nitrogens with one attached hydrogen (secondary N) is 1. The van der Waals surface area contributed by atoms with E-state index in [1.165, 1.54) is 0 Å². The number of aromatic nitrogens is 2. The number of likely N-dealkylation sites (N-methyl/N-ethyl adjacent to an activating group) is 1. The first-order valence-electron chi connectivity index (χ1n) is 7.72. The minimum absolute atomic E-state index is 0.106. The SMILES string of the molecule is CCC(CC)n1ccc(CC(CC(C)(C)OC)NC)n1. The molecule has 116 valence electrons. The van der Waals surface area contributed by atoms with Gasteiger partial charge in [0.2, 0.25) is 0 Å². The molecular weight excluding hydrogens is 250 g/mol. The summed E-state index contributed by atoms with van der Waals surface area (Å²) >= 11 is 0. The van der Waals surface area contributed by atoms with Gasteiger partial charge < -0.3 is 10.1 Å². The second-order valence-corrected chi connectivity index (χ2v) is 6.12. The fraction of sp³-hybridized carbons (Fsp3) is 0.812. The van der Waals surface area contributed by atoms with E-state index in [1.54, 1.807) is 7.11 Å². The van der Waals surface area contributed by atoms with Crippen LogP contribution in [-0.4, -0.2) is 35.6 Å². The lowest BCUT2D eigenvalue weighted by Gasteiger charge is -2.28. The molecule has 1 unspecified atom stereocenters. The van der Waals surface area contributed by atoms with E-state index in [4.69, 9.17) is 9.84 Å². The first-order valence-corrected chi connectivity index (χ1v) is 7.72. The Morgan fingerprint density at radius 2 is 2.00 bits per heavy atom. The van der Waals surface area contributed by atoms with E-state index in [2.05, 4.69) is 50.0 Å². The second-order valence-electron chi connectivity index (χ2n) is 6.12. The number of hydrogen-bond donors (Lipinski definition) is 1. The van der Waals surface area contributed by atoms with Crippen molar-refractivity contribution in [1.29, 1.82) is 0 Å². The summed E-state index contributed by atoms with van der Waals surface area (Å²) in [5, 5.41) is 8.11. The highest BCUT2D eigenvalue weighted by atomic mass is 16.5. The first-order chi connectivity index (χ1) is 9.45. The second kappa shape index (κ2) is 7.79. The molecule has 0 aliphatic rings. The molecule has 0 aliphatic carbocycles. The Kier molecular flexibility index (Phi) is 6.69. The highest BCUT2D eigenvalue weighted by Gasteiger charge is 2.22. The van der Waals surface area contributed by atoms with Crippen molar-refractivity contribution in [2.75, 3.05) is 14.2 Å². The summed E-state index contributed by atoms with van der Waals surface area (Å²) < 4.78 is 7.63. The summed E-state index contributed by atoms with van der Waals surface area (Å²) in [4.78, 5) is 0. The maximum atomic E-state index is 5.52. The lowest BCUT2D eigenvalue weighted by atomic mass is 9.96. The Labute approximate surface area is 123 Å². The summed E-state index contributed by atoms with van der Waals surface area (Å²) in [5.41, 5.74) is 1.05. The van der Waals surface area contributed by atoms with Crippen LogP contribution in [0.5, 0.6) is 0 Å². The summed E-state index contributed by atoms with van der Waals surface area (Å²) in [6, 6.07) is 3.05. The highest BCUT2D eigenvalue weighted by molar-refractivity contribution is 5.03. The van der Waals surface area contributed by atoms with Crippen molar-refractivity contribution in [3.05, 3.63) is 18.0 Å². The monoisotopic (exact) mass is 281 g/mol. The number of nitrogens with zero attached hydrogens (tertiary/aromatic N) is 2. The van der Waals surface area contributed by atoms with Gasteiger partial charge >= 0.3 is 0 Å². The van der Waals surface area contributed by atoms with Crippen LogP contribution in [0.15, 0.2) is 12.3 Å². The average molecular weight is 281 g/mol. The van der Waals surface area contributed by atoms with Crippen LogP contribution in [0.25, 0.3) is 0 Å². The van der Waals surface area contributed by atoms with Crippen LogP contribution in [0.4, 0.5) is 0 Å². The quantitative estimate of drug-likeness (QED) is 0.755. The third-order valence-electron chi connectivity index (χ3n) is 4.13. The number of ether oxygens (including phenoxy) is 1. The van der Waals surface area contributed by atoms with E-state index in [0.29, 0.717) is 12.1 Å². The van der Waals surface area contributed by atoms with Crippen LogP contribution in [0.3, 0.4) is 0 Å². The van der Waals surface area contributed by atoms with Gasteiger partial charge in [-0.25, -0.2) is 0 Å². The summed E-state index contributed by atoms with van der Waals surface area (Å²) in [7, 11) is 3.78. The van der Waals surface area contributed by atoms with Crippen molar-refractivity contribution in [3.8, 4) is 0 Å². The van der Waals surface area contributed by atoms with Crippen molar-refractivity contribution in [2.24, 2.45) is 0 Å². The van der Waals surface area contributed by atoms with Crippen LogP contribution >= 0.6 is 0 Å². The van der Waals surface area contributed by atoms with Crippen LogP contribution in [0.1, 0.15) is 58.7 Å². The Hall–Kier alpha value is -0.870. The lowest BCUT2D eigenvalue weighted by molar-refractivity contribution is 0.00764. The van der Waals surface area contributed by atoms with Gasteiger partial charge in [0.25, 0.3) is 0 Å². The molecule has 0 bridgehead atoms. The molecule has 0 spiro atoms. The molecule has 4 nitrogen and oxygen atoms in total. The van der Waals surface area contributed by atoms with Gasteiger partial charge in [0.05, 0.1) is 17.3 Å². The molecule has 0 aromatic carbocycles. The van der Waals surface area contributed by atoms with Gasteiger partial charge in [-0.1, -0.05) is 13.8 Å². The Bertz CT molecular complexity index is 383. The van der Waals surface area contributed by atoms with Gasteiger partial charge in [-0.3, -0.25) is 4.68 Å². The third kappa shape index (κ3) is 4.91. The summed E-state index contributed by atoms with van der Waals surface area (Å²) in [6.45, 7) is 8.68. The lowest BCUT2D eigenvalue weighted by Crippen LogP contribution is -2.37. The van der Waals surface area contributed by atoms with E-state index >= 15 is 0 Å². The van der Waals surface area contributed by atoms with Crippen LogP contribution in [-0.2, 0) is 11.2 Å². The van der Waals surface area contributed by atoms with Crippen molar-refractivity contribution in [3.63, 3.8) is 0 Å². The van der Waals surface area contributed by atoms with Gasteiger partial charge in [0.15, 0.2) is 0 Å². The third-order valence-corrected chi connectivity index (χ3v) is 4.13. The van der Waals surface area contributed by atoms with Crippen molar-refractivity contribution in [2.45, 2.75) is 71.1 Å². The summed E-state index contributed by atoms with van der Waals surface area (Å²) in [5.74, 6) is 0. The highest BCUT2D eigenvalue weighted by Crippen LogP contribution is 2.19. The molecule has 1 rings (SSSR count). The molecule has 0 saturated carbocycles. The summed E-state index contributed by atoms with van der Waals surface area (Å²) in [6.07, 6.45) is 6.28. The van der Waals surface area contributed by atoms with Crippen LogP contribution in [0.2, 0.25) is 0 Å². The molecule has 0 fully saturated rings. The topological polar surface area (TPSA) is 39.1 Å². The largest absolute Gasteiger partial charge is 0.379 e. The molecule has 0 radical (unpaired) electrons. The minimum Gasteiger partial charge on any atom is -0.379 e. The predicted octanol–water partition coefficient (Wildman–Crippen LogP) is 3.19. The van der Waals surface area contributed by atoms with E-state index in [-0.39, 0.29) is 5.60 Å². The zero-order chi connectivity index (χ0) is 15.2. The molecule has 1 aromatic heterocycles. The Morgan fingerprint density at radius 3 is 2.50 bits per heavy atom. The zero-order valence-corrected chi connectivity index (χ0v) is 13.9. The average Bonchev–Trinajstić information content (AvgIpc) is 2.87. The van der Waals surface area contributed by atoms with Gasteiger partial charge in [0, 0.05) is 25.8 Å². The maximum absolute atomic E-state index is 5.52. The normalized spacial score (nSPS) is 13.9. The molecule has 1 aromatic rings. The van der Waals surface area contributed by atoms with Gasteiger partial charge in [-0.2, -0.15) is 5.10 Å². The molecule has 0 aliphatic heterocycles. The number of methoxy groups -OCH3 is 1. The number of hydrogen-bond acceptors (Lipinski definition) is 3. The fourth-order valence-corrected chi connectivity index (χ4v) is 2.56. The van der Waals surface area contributed by atoms with E-state index < -0.39 is 0 Å². The Morgan fingerprint density at radius 1 is 1.35 bits per heavy atom. The molecule has 1 atom stereocenters. The van der Waals surface area contributed by atoms with Gasteiger partial charge in [-0.15, -0.1) is 0 Å². The molecule has 0 saturated heterocycles. The molecular formula is C16H31N3O. The zero-order valence-electron chi connectivity index (χ0n) is 13.9. The molecule has 0 amide bonds. The first kappa shape index (κ1) is 17.2. The van der Waals surface area contributed by atoms with Crippen molar-refractivity contribution < 1.29 is 4.74 Å². The molecule has 1 N–H and O–H groups in total. The van der Waals surface area contributed by atoms with Crippen LogP contribution in [0, 0.1) is 0 Å². The standard InChI is InChI=1S/C16H31N3O/c1-7-15(8-2)19-10-9-13(18-19)11-14(17-5)12-16(3,4)20-6/h9-10,14-15,17H,7-8,11-12H2,1-6H3. The maximum Gasteiger partial charge on any atom is 0.0640 e. The molecule has 20 heavy (non-hydrogen) atoms. The fourth-order valence-electron chi connectivity index (χ4n) is 2.56. The number of rotatable bonds is 9.